The Hall–Kier alpha value is -1.81. The van der Waals surface area contributed by atoms with Crippen LogP contribution >= 0.6 is 15.9 Å². The van der Waals surface area contributed by atoms with Gasteiger partial charge in [0.2, 0.25) is 0 Å². The lowest BCUT2D eigenvalue weighted by atomic mass is 10.1. The third kappa shape index (κ3) is 4.60. The second-order valence-electron chi connectivity index (χ2n) is 4.76. The highest BCUT2D eigenvalue weighted by molar-refractivity contribution is 9.10. The van der Waals surface area contributed by atoms with Gasteiger partial charge in [-0.05, 0) is 49.2 Å². The van der Waals surface area contributed by atoms with Crippen LogP contribution in [0.1, 0.15) is 19.4 Å². The van der Waals surface area contributed by atoms with Crippen molar-refractivity contribution in [2.75, 3.05) is 5.32 Å². The molecule has 1 N–H and O–H groups in total. The molecule has 0 saturated heterocycles. The molecule has 2 rings (SSSR count). The van der Waals surface area contributed by atoms with Gasteiger partial charge in [0.05, 0.1) is 0 Å². The Kier molecular flexibility index (Phi) is 5.39. The first-order valence-corrected chi connectivity index (χ1v) is 7.70. The van der Waals surface area contributed by atoms with Crippen LogP contribution in [-0.4, -0.2) is 12.0 Å². The first-order valence-electron chi connectivity index (χ1n) is 6.90. The van der Waals surface area contributed by atoms with E-state index < -0.39 is 6.10 Å². The first kappa shape index (κ1) is 15.6. The van der Waals surface area contributed by atoms with Gasteiger partial charge in [0.15, 0.2) is 6.10 Å². The van der Waals surface area contributed by atoms with Crippen molar-refractivity contribution in [2.45, 2.75) is 26.4 Å². The average Bonchev–Trinajstić information content (AvgIpc) is 2.48. The van der Waals surface area contributed by atoms with Crippen molar-refractivity contribution < 1.29 is 9.53 Å². The summed E-state index contributed by atoms with van der Waals surface area (Å²) >= 11 is 3.38. The molecule has 1 atom stereocenters. The number of amides is 1. The number of benzene rings is 2. The smallest absolute Gasteiger partial charge is 0.265 e. The van der Waals surface area contributed by atoms with Gasteiger partial charge >= 0.3 is 0 Å². The summed E-state index contributed by atoms with van der Waals surface area (Å²) in [6, 6.07) is 15.3. The molecule has 0 saturated carbocycles. The van der Waals surface area contributed by atoms with E-state index in [-0.39, 0.29) is 5.91 Å². The lowest BCUT2D eigenvalue weighted by Crippen LogP contribution is -2.30. The summed E-state index contributed by atoms with van der Waals surface area (Å²) in [6.45, 7) is 3.83. The van der Waals surface area contributed by atoms with E-state index in [2.05, 4.69) is 28.2 Å². The Morgan fingerprint density at radius 1 is 1.24 bits per heavy atom. The van der Waals surface area contributed by atoms with Gasteiger partial charge in [-0.25, -0.2) is 0 Å². The zero-order valence-electron chi connectivity index (χ0n) is 12.1. The number of carbonyl (C=O) groups excluding carboxylic acids is 1. The molecular weight excluding hydrogens is 330 g/mol. The third-order valence-electron chi connectivity index (χ3n) is 3.11. The lowest BCUT2D eigenvalue weighted by molar-refractivity contribution is -0.122. The second-order valence-corrected chi connectivity index (χ2v) is 5.67. The SMILES string of the molecule is CCc1ccc(NC(=O)[C@@H](C)Oc2cccc(Br)c2)cc1. The molecular formula is C17H18BrNO2. The maximum absolute atomic E-state index is 12.1. The van der Waals surface area contributed by atoms with Gasteiger partial charge < -0.3 is 10.1 Å². The predicted octanol–water partition coefficient (Wildman–Crippen LogP) is 4.42. The van der Waals surface area contributed by atoms with Crippen LogP contribution in [0.4, 0.5) is 5.69 Å². The number of hydrogen-bond acceptors (Lipinski definition) is 2. The maximum Gasteiger partial charge on any atom is 0.265 e. The monoisotopic (exact) mass is 347 g/mol. The van der Waals surface area contributed by atoms with Crippen molar-refractivity contribution in [3.63, 3.8) is 0 Å². The number of carbonyl (C=O) groups is 1. The Bertz CT molecular complexity index is 610. The van der Waals surface area contributed by atoms with Crippen LogP contribution in [-0.2, 0) is 11.2 Å². The second kappa shape index (κ2) is 7.27. The summed E-state index contributed by atoms with van der Waals surface area (Å²) in [4.78, 5) is 12.1. The van der Waals surface area contributed by atoms with Crippen LogP contribution in [0.2, 0.25) is 0 Å². The van der Waals surface area contributed by atoms with Crippen LogP contribution in [0.5, 0.6) is 5.75 Å². The number of halogens is 1. The van der Waals surface area contributed by atoms with Crippen LogP contribution < -0.4 is 10.1 Å². The minimum absolute atomic E-state index is 0.167. The Morgan fingerprint density at radius 2 is 1.95 bits per heavy atom. The predicted molar refractivity (Wildman–Crippen MR) is 88.7 cm³/mol. The summed E-state index contributed by atoms with van der Waals surface area (Å²) in [5, 5.41) is 2.85. The quantitative estimate of drug-likeness (QED) is 0.869. The van der Waals surface area contributed by atoms with E-state index in [4.69, 9.17) is 4.74 Å². The molecule has 0 radical (unpaired) electrons. The fourth-order valence-electron chi connectivity index (χ4n) is 1.87. The van der Waals surface area contributed by atoms with Crippen LogP contribution in [0.25, 0.3) is 0 Å². The molecule has 110 valence electrons. The normalized spacial score (nSPS) is 11.8. The first-order chi connectivity index (χ1) is 10.1. The van der Waals surface area contributed by atoms with E-state index in [0.717, 1.165) is 16.6 Å². The van der Waals surface area contributed by atoms with Gasteiger partial charge in [-0.15, -0.1) is 0 Å². The van der Waals surface area contributed by atoms with Crippen LogP contribution in [0.15, 0.2) is 53.0 Å². The van der Waals surface area contributed by atoms with Gasteiger partial charge in [0, 0.05) is 10.2 Å². The third-order valence-corrected chi connectivity index (χ3v) is 3.60. The molecule has 2 aromatic rings. The summed E-state index contributed by atoms with van der Waals surface area (Å²) in [5.74, 6) is 0.493. The van der Waals surface area contributed by atoms with Crippen molar-refractivity contribution in [1.82, 2.24) is 0 Å². The highest BCUT2D eigenvalue weighted by Gasteiger charge is 2.14. The average molecular weight is 348 g/mol. The van der Waals surface area contributed by atoms with E-state index >= 15 is 0 Å². The molecule has 0 aromatic heterocycles. The van der Waals surface area contributed by atoms with Gasteiger partial charge in [0.1, 0.15) is 5.75 Å². The number of hydrogen-bond donors (Lipinski definition) is 1. The Morgan fingerprint density at radius 3 is 2.57 bits per heavy atom. The lowest BCUT2D eigenvalue weighted by Gasteiger charge is -2.15. The van der Waals surface area contributed by atoms with E-state index in [1.165, 1.54) is 5.56 Å². The Balaban J connectivity index is 1.95. The summed E-state index contributed by atoms with van der Waals surface area (Å²) < 4.78 is 6.55. The molecule has 0 aliphatic rings. The molecule has 0 heterocycles. The molecule has 21 heavy (non-hydrogen) atoms. The topological polar surface area (TPSA) is 38.3 Å². The summed E-state index contributed by atoms with van der Waals surface area (Å²) in [7, 11) is 0. The zero-order chi connectivity index (χ0) is 15.2. The van der Waals surface area contributed by atoms with E-state index in [0.29, 0.717) is 5.75 Å². The van der Waals surface area contributed by atoms with Crippen molar-refractivity contribution >= 4 is 27.5 Å². The molecule has 0 aliphatic carbocycles. The minimum Gasteiger partial charge on any atom is -0.481 e. The largest absolute Gasteiger partial charge is 0.481 e. The molecule has 0 unspecified atom stereocenters. The fourth-order valence-corrected chi connectivity index (χ4v) is 2.24. The maximum atomic E-state index is 12.1. The zero-order valence-corrected chi connectivity index (χ0v) is 13.7. The molecule has 3 nitrogen and oxygen atoms in total. The van der Waals surface area contributed by atoms with E-state index in [1.807, 2.05) is 48.5 Å². The Labute approximate surface area is 133 Å². The summed E-state index contributed by atoms with van der Waals surface area (Å²) in [6.07, 6.45) is 0.418. The van der Waals surface area contributed by atoms with Gasteiger partial charge in [-0.3, -0.25) is 4.79 Å². The van der Waals surface area contributed by atoms with Gasteiger partial charge in [0.25, 0.3) is 5.91 Å². The van der Waals surface area contributed by atoms with Crippen molar-refractivity contribution in [3.8, 4) is 5.75 Å². The van der Waals surface area contributed by atoms with Gasteiger partial charge in [-0.2, -0.15) is 0 Å². The number of aryl methyl sites for hydroxylation is 1. The standard InChI is InChI=1S/C17H18BrNO2/c1-3-13-7-9-15(10-8-13)19-17(20)12(2)21-16-6-4-5-14(18)11-16/h4-12H,3H2,1-2H3,(H,19,20)/t12-/m1/s1. The van der Waals surface area contributed by atoms with E-state index in [1.54, 1.807) is 6.92 Å². The molecule has 0 spiro atoms. The number of ether oxygens (including phenoxy) is 1. The molecule has 0 fully saturated rings. The van der Waals surface area contributed by atoms with Crippen molar-refractivity contribution in [1.29, 1.82) is 0 Å². The fraction of sp³-hybridized carbons (Fsp3) is 0.235. The van der Waals surface area contributed by atoms with Gasteiger partial charge in [-0.1, -0.05) is 41.1 Å². The van der Waals surface area contributed by atoms with E-state index in [9.17, 15) is 4.79 Å². The number of anilines is 1. The molecule has 2 aromatic carbocycles. The highest BCUT2D eigenvalue weighted by atomic mass is 79.9. The van der Waals surface area contributed by atoms with Crippen molar-refractivity contribution in [3.05, 3.63) is 58.6 Å². The van der Waals surface area contributed by atoms with Crippen molar-refractivity contribution in [2.24, 2.45) is 0 Å². The van der Waals surface area contributed by atoms with Crippen LogP contribution in [0, 0.1) is 0 Å². The number of nitrogens with one attached hydrogen (secondary N) is 1. The molecule has 4 heteroatoms. The van der Waals surface area contributed by atoms with Crippen LogP contribution in [0.3, 0.4) is 0 Å². The summed E-state index contributed by atoms with van der Waals surface area (Å²) in [5.41, 5.74) is 2.02. The number of rotatable bonds is 5. The molecule has 0 aliphatic heterocycles. The molecule has 1 amide bonds. The molecule has 0 bridgehead atoms. The minimum atomic E-state index is -0.565. The highest BCUT2D eigenvalue weighted by Crippen LogP contribution is 2.19.